The zero-order valence-electron chi connectivity index (χ0n) is 8.04. The molecule has 0 bridgehead atoms. The smallest absolute Gasteiger partial charge is 0.0461 e. The highest BCUT2D eigenvalue weighted by Gasteiger charge is 2.02. The molecule has 0 aliphatic heterocycles. The van der Waals surface area contributed by atoms with Crippen LogP contribution in [0.25, 0.3) is 0 Å². The van der Waals surface area contributed by atoms with Crippen LogP contribution in [0.4, 0.5) is 0 Å². The first kappa shape index (κ1) is 10.3. The third-order valence-electron chi connectivity index (χ3n) is 1.74. The van der Waals surface area contributed by atoms with Gasteiger partial charge in [0.1, 0.15) is 0 Å². The van der Waals surface area contributed by atoms with E-state index in [9.17, 15) is 0 Å². The van der Waals surface area contributed by atoms with Gasteiger partial charge in [0.25, 0.3) is 0 Å². The van der Waals surface area contributed by atoms with Crippen LogP contribution < -0.4 is 0 Å². The third kappa shape index (κ3) is 3.87. The Morgan fingerprint density at radius 2 is 1.91 bits per heavy atom. The maximum atomic E-state index is 2.22. The van der Waals surface area contributed by atoms with Crippen molar-refractivity contribution in [1.29, 1.82) is 0 Å². The summed E-state index contributed by atoms with van der Waals surface area (Å²) in [5, 5.41) is 0. The number of likely N-dealkylation sites (N-methyl/N-ethyl adjacent to an activating group) is 1. The fraction of sp³-hybridized carbons (Fsp3) is 0.600. The second kappa shape index (κ2) is 6.02. The Balaban J connectivity index is 4.01. The van der Waals surface area contributed by atoms with Crippen LogP contribution in [0.2, 0.25) is 0 Å². The zero-order valence-corrected chi connectivity index (χ0v) is 8.04. The van der Waals surface area contributed by atoms with Crippen LogP contribution in [0.1, 0.15) is 27.2 Å². The topological polar surface area (TPSA) is 3.24 Å². The summed E-state index contributed by atoms with van der Waals surface area (Å²) in [7, 11) is 2.11. The average Bonchev–Trinajstić information content (AvgIpc) is 2.00. The van der Waals surface area contributed by atoms with E-state index in [2.05, 4.69) is 50.2 Å². The first-order valence-electron chi connectivity index (χ1n) is 4.23. The van der Waals surface area contributed by atoms with Gasteiger partial charge < -0.3 is 4.90 Å². The van der Waals surface area contributed by atoms with Crippen LogP contribution in [0.5, 0.6) is 0 Å². The lowest BCUT2D eigenvalue weighted by molar-refractivity contribution is 0.375. The van der Waals surface area contributed by atoms with Gasteiger partial charge in [0.2, 0.25) is 0 Å². The van der Waals surface area contributed by atoms with E-state index in [1.54, 1.807) is 0 Å². The first-order valence-corrected chi connectivity index (χ1v) is 4.23. The van der Waals surface area contributed by atoms with Crippen molar-refractivity contribution in [2.45, 2.75) is 33.2 Å². The molecule has 0 heterocycles. The van der Waals surface area contributed by atoms with Crippen LogP contribution in [0.3, 0.4) is 0 Å². The molecule has 0 aliphatic rings. The molecule has 0 rings (SSSR count). The van der Waals surface area contributed by atoms with E-state index in [-0.39, 0.29) is 0 Å². The largest absolute Gasteiger partial charge is 0.374 e. The molecule has 0 aliphatic carbocycles. The van der Waals surface area contributed by atoms with Gasteiger partial charge in [0.05, 0.1) is 0 Å². The van der Waals surface area contributed by atoms with Crippen molar-refractivity contribution in [2.75, 3.05) is 7.05 Å². The van der Waals surface area contributed by atoms with Gasteiger partial charge in [-0.05, 0) is 26.5 Å². The summed E-state index contributed by atoms with van der Waals surface area (Å²) in [5.74, 6) is 0. The van der Waals surface area contributed by atoms with Crippen LogP contribution in [0.15, 0.2) is 24.4 Å². The van der Waals surface area contributed by atoms with Crippen molar-refractivity contribution in [3.05, 3.63) is 24.4 Å². The van der Waals surface area contributed by atoms with Crippen molar-refractivity contribution in [3.63, 3.8) is 0 Å². The van der Waals surface area contributed by atoms with Gasteiger partial charge in [-0.15, -0.1) is 0 Å². The molecule has 0 spiro atoms. The highest BCUT2D eigenvalue weighted by Crippen LogP contribution is 2.03. The molecule has 0 amide bonds. The fourth-order valence-corrected chi connectivity index (χ4v) is 1.13. The minimum absolute atomic E-state index is 0.552. The minimum Gasteiger partial charge on any atom is -0.374 e. The lowest BCUT2D eigenvalue weighted by atomic mass is 10.2. The van der Waals surface area contributed by atoms with Gasteiger partial charge in [-0.2, -0.15) is 0 Å². The zero-order chi connectivity index (χ0) is 8.69. The quantitative estimate of drug-likeness (QED) is 0.561. The van der Waals surface area contributed by atoms with Gasteiger partial charge in [-0.1, -0.05) is 25.2 Å². The summed E-state index contributed by atoms with van der Waals surface area (Å²) in [6.07, 6.45) is 9.65. The van der Waals surface area contributed by atoms with Crippen molar-refractivity contribution in [3.8, 4) is 0 Å². The summed E-state index contributed by atoms with van der Waals surface area (Å²) in [6, 6.07) is 0.552. The Labute approximate surface area is 70.4 Å². The molecule has 1 unspecified atom stereocenters. The SMILES string of the molecule is C/C=C\C(CC)N(C)/C=C\C. The Kier molecular flexibility index (Phi) is 5.63. The molecule has 11 heavy (non-hydrogen) atoms. The molecule has 0 N–H and O–H groups in total. The molecule has 64 valence electrons. The molecular weight excluding hydrogens is 134 g/mol. The van der Waals surface area contributed by atoms with Gasteiger partial charge in [-0.25, -0.2) is 0 Å². The molecule has 0 radical (unpaired) electrons. The molecule has 1 atom stereocenters. The summed E-state index contributed by atoms with van der Waals surface area (Å²) >= 11 is 0. The number of hydrogen-bond acceptors (Lipinski definition) is 1. The number of hydrogen-bond donors (Lipinski definition) is 0. The Morgan fingerprint density at radius 3 is 2.27 bits per heavy atom. The molecule has 0 aromatic heterocycles. The van der Waals surface area contributed by atoms with Crippen LogP contribution in [-0.4, -0.2) is 18.0 Å². The summed E-state index contributed by atoms with van der Waals surface area (Å²) in [6.45, 7) is 6.30. The number of rotatable bonds is 4. The Bertz CT molecular complexity index is 136. The standard InChI is InChI=1S/C10H19N/c1-5-8-10(7-3)11(4)9-6-2/h5-6,8-10H,7H2,1-4H3/b8-5-,9-6-. The highest BCUT2D eigenvalue weighted by molar-refractivity contribution is 4.94. The second-order valence-electron chi connectivity index (χ2n) is 2.65. The van der Waals surface area contributed by atoms with E-state index in [0.29, 0.717) is 6.04 Å². The molecule has 0 aromatic carbocycles. The van der Waals surface area contributed by atoms with Gasteiger partial charge in [-0.3, -0.25) is 0 Å². The normalized spacial score (nSPS) is 14.5. The summed E-state index contributed by atoms with van der Waals surface area (Å²) in [5.41, 5.74) is 0. The molecular formula is C10H19N. The van der Waals surface area contributed by atoms with Crippen molar-refractivity contribution in [1.82, 2.24) is 4.90 Å². The number of allylic oxidation sites excluding steroid dienone is 2. The number of nitrogens with zero attached hydrogens (tertiary/aromatic N) is 1. The van der Waals surface area contributed by atoms with Crippen molar-refractivity contribution in [2.24, 2.45) is 0 Å². The Morgan fingerprint density at radius 1 is 1.27 bits per heavy atom. The van der Waals surface area contributed by atoms with Crippen LogP contribution in [-0.2, 0) is 0 Å². The van der Waals surface area contributed by atoms with Crippen LogP contribution >= 0.6 is 0 Å². The monoisotopic (exact) mass is 153 g/mol. The van der Waals surface area contributed by atoms with Gasteiger partial charge >= 0.3 is 0 Å². The van der Waals surface area contributed by atoms with Gasteiger partial charge in [0.15, 0.2) is 0 Å². The summed E-state index contributed by atoms with van der Waals surface area (Å²) < 4.78 is 0. The van der Waals surface area contributed by atoms with E-state index in [4.69, 9.17) is 0 Å². The first-order chi connectivity index (χ1) is 5.26. The molecule has 0 aromatic rings. The lowest BCUT2D eigenvalue weighted by Crippen LogP contribution is -2.23. The second-order valence-corrected chi connectivity index (χ2v) is 2.65. The van der Waals surface area contributed by atoms with Crippen molar-refractivity contribution >= 4 is 0 Å². The van der Waals surface area contributed by atoms with E-state index in [1.807, 2.05) is 6.92 Å². The van der Waals surface area contributed by atoms with E-state index in [0.717, 1.165) is 6.42 Å². The van der Waals surface area contributed by atoms with Crippen molar-refractivity contribution < 1.29 is 0 Å². The molecule has 1 heteroatoms. The average molecular weight is 153 g/mol. The van der Waals surface area contributed by atoms with Crippen LogP contribution in [0, 0.1) is 0 Å². The molecule has 0 fully saturated rings. The highest BCUT2D eigenvalue weighted by atomic mass is 15.1. The predicted molar refractivity (Wildman–Crippen MR) is 51.5 cm³/mol. The fourth-order valence-electron chi connectivity index (χ4n) is 1.13. The maximum Gasteiger partial charge on any atom is 0.0461 e. The Hall–Kier alpha value is -0.720. The predicted octanol–water partition coefficient (Wildman–Crippen LogP) is 2.81. The molecule has 0 saturated carbocycles. The van der Waals surface area contributed by atoms with E-state index >= 15 is 0 Å². The lowest BCUT2D eigenvalue weighted by Gasteiger charge is -2.22. The van der Waals surface area contributed by atoms with E-state index < -0.39 is 0 Å². The summed E-state index contributed by atoms with van der Waals surface area (Å²) in [4.78, 5) is 2.22. The van der Waals surface area contributed by atoms with Gasteiger partial charge in [0, 0.05) is 13.1 Å². The minimum atomic E-state index is 0.552. The molecule has 1 nitrogen and oxygen atoms in total. The van der Waals surface area contributed by atoms with E-state index in [1.165, 1.54) is 0 Å². The maximum absolute atomic E-state index is 2.22. The third-order valence-corrected chi connectivity index (χ3v) is 1.74. The molecule has 0 saturated heterocycles.